The molecule has 2 aliphatic rings. The van der Waals surface area contributed by atoms with Crippen LogP contribution in [0.5, 0.6) is 0 Å². The highest BCUT2D eigenvalue weighted by Crippen LogP contribution is 2.45. The lowest BCUT2D eigenvalue weighted by molar-refractivity contribution is -0.121. The lowest BCUT2D eigenvalue weighted by Gasteiger charge is -2.03. The molecule has 2 bridgehead atoms. The van der Waals surface area contributed by atoms with Crippen molar-refractivity contribution in [1.82, 2.24) is 0 Å². The zero-order valence-electron chi connectivity index (χ0n) is 5.39. The Morgan fingerprint density at radius 1 is 1.44 bits per heavy atom. The molecule has 1 nitrogen and oxygen atoms in total. The predicted molar refractivity (Wildman–Crippen MR) is 35.0 cm³/mol. The number of Topliss-reactive ketones (excluding diaryl/α,β-unsaturated/α-hetero) is 1. The molecule has 2 aliphatic carbocycles. The molecule has 2 atom stereocenters. The number of rotatable bonds is 0. The van der Waals surface area contributed by atoms with Crippen LogP contribution in [0.15, 0.2) is 12.2 Å². The summed E-state index contributed by atoms with van der Waals surface area (Å²) in [5.41, 5.74) is 1.22. The molecular formula is C8H10O. The molecule has 0 aliphatic heterocycles. The van der Waals surface area contributed by atoms with Gasteiger partial charge < -0.3 is 0 Å². The van der Waals surface area contributed by atoms with Crippen molar-refractivity contribution < 1.29 is 4.79 Å². The van der Waals surface area contributed by atoms with Gasteiger partial charge in [-0.05, 0) is 18.8 Å². The summed E-state index contributed by atoms with van der Waals surface area (Å²) in [6.45, 7) is 3.91. The van der Waals surface area contributed by atoms with Crippen molar-refractivity contribution in [2.75, 3.05) is 0 Å². The predicted octanol–water partition coefficient (Wildman–Crippen LogP) is 1.54. The van der Waals surface area contributed by atoms with Crippen LogP contribution in [0, 0.1) is 11.8 Å². The highest BCUT2D eigenvalue weighted by molar-refractivity contribution is 5.88. The smallest absolute Gasteiger partial charge is 0.140 e. The fourth-order valence-electron chi connectivity index (χ4n) is 2.01. The molecule has 0 aromatic carbocycles. The van der Waals surface area contributed by atoms with Gasteiger partial charge in [0.25, 0.3) is 0 Å². The normalized spacial score (nSPS) is 40.4. The summed E-state index contributed by atoms with van der Waals surface area (Å²) in [6.07, 6.45) is 3.10. The summed E-state index contributed by atoms with van der Waals surface area (Å²) in [7, 11) is 0. The van der Waals surface area contributed by atoms with E-state index in [2.05, 4.69) is 6.58 Å². The zero-order chi connectivity index (χ0) is 6.43. The molecule has 9 heavy (non-hydrogen) atoms. The largest absolute Gasteiger partial charge is 0.299 e. The summed E-state index contributed by atoms with van der Waals surface area (Å²) in [6, 6.07) is 0. The van der Waals surface area contributed by atoms with Gasteiger partial charge in [0, 0.05) is 12.3 Å². The van der Waals surface area contributed by atoms with Gasteiger partial charge in [-0.15, -0.1) is 0 Å². The minimum absolute atomic E-state index is 0.273. The Hall–Kier alpha value is -0.590. The third kappa shape index (κ3) is 0.521. The summed E-state index contributed by atoms with van der Waals surface area (Å²) in [5, 5.41) is 0. The van der Waals surface area contributed by atoms with Gasteiger partial charge in [0.05, 0.1) is 0 Å². The van der Waals surface area contributed by atoms with Crippen molar-refractivity contribution in [1.29, 1.82) is 0 Å². The van der Waals surface area contributed by atoms with Crippen molar-refractivity contribution in [2.24, 2.45) is 11.8 Å². The molecule has 2 unspecified atom stereocenters. The minimum atomic E-state index is 0.273. The number of allylic oxidation sites excluding steroid dienone is 1. The van der Waals surface area contributed by atoms with E-state index in [0.29, 0.717) is 11.7 Å². The highest BCUT2D eigenvalue weighted by Gasteiger charge is 2.41. The Morgan fingerprint density at radius 2 is 2.22 bits per heavy atom. The monoisotopic (exact) mass is 122 g/mol. The Morgan fingerprint density at radius 3 is 2.44 bits per heavy atom. The van der Waals surface area contributed by atoms with Gasteiger partial charge in [-0.2, -0.15) is 0 Å². The molecule has 0 saturated heterocycles. The standard InChI is InChI=1S/C8H10O/c1-5-6-2-3-7(5)8(9)4-6/h6-7H,1-4H2. The maximum Gasteiger partial charge on any atom is 0.140 e. The number of hydrogen-bond donors (Lipinski definition) is 0. The Labute approximate surface area is 54.8 Å². The average Bonchev–Trinajstić information content (AvgIpc) is 2.25. The minimum Gasteiger partial charge on any atom is -0.299 e. The van der Waals surface area contributed by atoms with E-state index in [0.717, 1.165) is 12.8 Å². The maximum absolute atomic E-state index is 11.0. The van der Waals surface area contributed by atoms with Crippen LogP contribution in [0.25, 0.3) is 0 Å². The number of ketones is 1. The van der Waals surface area contributed by atoms with Gasteiger partial charge in [-0.25, -0.2) is 0 Å². The molecule has 0 heterocycles. The molecular weight excluding hydrogens is 112 g/mol. The third-order valence-electron chi connectivity index (χ3n) is 2.61. The van der Waals surface area contributed by atoms with E-state index < -0.39 is 0 Å². The second-order valence-electron chi connectivity index (χ2n) is 3.07. The SMILES string of the molecule is C=C1C2CCC1C(=O)C2. The zero-order valence-corrected chi connectivity index (χ0v) is 5.39. The summed E-state index contributed by atoms with van der Waals surface area (Å²) < 4.78 is 0. The van der Waals surface area contributed by atoms with E-state index in [1.54, 1.807) is 0 Å². The molecule has 2 fully saturated rings. The number of carbonyl (C=O) groups excluding carboxylic acids is 1. The highest BCUT2D eigenvalue weighted by atomic mass is 16.1. The number of fused-ring (bicyclic) bond motifs is 2. The molecule has 2 rings (SSSR count). The quantitative estimate of drug-likeness (QED) is 0.445. The first kappa shape index (κ1) is 5.21. The summed E-state index contributed by atoms with van der Waals surface area (Å²) in [4.78, 5) is 11.0. The fraction of sp³-hybridized carbons (Fsp3) is 0.625. The molecule has 0 amide bonds. The first-order valence-corrected chi connectivity index (χ1v) is 3.50. The second kappa shape index (κ2) is 1.47. The van der Waals surface area contributed by atoms with Crippen LogP contribution < -0.4 is 0 Å². The van der Waals surface area contributed by atoms with Gasteiger partial charge in [-0.3, -0.25) is 4.79 Å². The topological polar surface area (TPSA) is 17.1 Å². The van der Waals surface area contributed by atoms with Gasteiger partial charge >= 0.3 is 0 Å². The molecule has 0 N–H and O–H groups in total. The maximum atomic E-state index is 11.0. The van der Waals surface area contributed by atoms with Crippen LogP contribution in [-0.2, 0) is 4.79 Å². The van der Waals surface area contributed by atoms with Gasteiger partial charge in [0.2, 0.25) is 0 Å². The molecule has 48 valence electrons. The van der Waals surface area contributed by atoms with E-state index in [4.69, 9.17) is 0 Å². The van der Waals surface area contributed by atoms with Gasteiger partial charge in [-0.1, -0.05) is 12.2 Å². The summed E-state index contributed by atoms with van der Waals surface area (Å²) >= 11 is 0. The van der Waals surface area contributed by atoms with Crippen molar-refractivity contribution in [3.05, 3.63) is 12.2 Å². The molecule has 0 spiro atoms. The molecule has 0 radical (unpaired) electrons. The second-order valence-corrected chi connectivity index (χ2v) is 3.07. The Balaban J connectivity index is 2.36. The first-order chi connectivity index (χ1) is 4.29. The van der Waals surface area contributed by atoms with Crippen LogP contribution in [0.3, 0.4) is 0 Å². The van der Waals surface area contributed by atoms with E-state index in [1.807, 2.05) is 0 Å². The number of hydrogen-bond acceptors (Lipinski definition) is 1. The van der Waals surface area contributed by atoms with Crippen LogP contribution in [0.2, 0.25) is 0 Å². The third-order valence-corrected chi connectivity index (χ3v) is 2.61. The van der Waals surface area contributed by atoms with Gasteiger partial charge in [0.15, 0.2) is 0 Å². The fourth-order valence-corrected chi connectivity index (χ4v) is 2.01. The van der Waals surface area contributed by atoms with Crippen molar-refractivity contribution >= 4 is 5.78 Å². The Bertz CT molecular complexity index is 181. The molecule has 0 aromatic rings. The van der Waals surface area contributed by atoms with Crippen molar-refractivity contribution in [3.63, 3.8) is 0 Å². The lowest BCUT2D eigenvalue weighted by Crippen LogP contribution is -2.07. The Kier molecular flexibility index (Phi) is 0.850. The molecule has 2 saturated carbocycles. The van der Waals surface area contributed by atoms with Gasteiger partial charge in [0.1, 0.15) is 5.78 Å². The molecule has 1 heteroatoms. The van der Waals surface area contributed by atoms with Crippen LogP contribution in [-0.4, -0.2) is 5.78 Å². The van der Waals surface area contributed by atoms with Crippen molar-refractivity contribution in [3.8, 4) is 0 Å². The lowest BCUT2D eigenvalue weighted by atomic mass is 10.00. The van der Waals surface area contributed by atoms with Crippen molar-refractivity contribution in [2.45, 2.75) is 19.3 Å². The average molecular weight is 122 g/mol. The number of carbonyl (C=O) groups is 1. The van der Waals surface area contributed by atoms with E-state index in [9.17, 15) is 4.79 Å². The van der Waals surface area contributed by atoms with Crippen LogP contribution in [0.1, 0.15) is 19.3 Å². The summed E-state index contributed by atoms with van der Waals surface area (Å²) in [5.74, 6) is 1.29. The van der Waals surface area contributed by atoms with Crippen LogP contribution in [0.4, 0.5) is 0 Å². The first-order valence-electron chi connectivity index (χ1n) is 3.50. The van der Waals surface area contributed by atoms with E-state index in [-0.39, 0.29) is 5.92 Å². The van der Waals surface area contributed by atoms with E-state index in [1.165, 1.54) is 12.0 Å². The van der Waals surface area contributed by atoms with Crippen LogP contribution >= 0.6 is 0 Å². The van der Waals surface area contributed by atoms with E-state index >= 15 is 0 Å². The molecule has 0 aromatic heterocycles.